The molecule has 0 unspecified atom stereocenters. The summed E-state index contributed by atoms with van der Waals surface area (Å²) in [5.74, 6) is -1.26. The summed E-state index contributed by atoms with van der Waals surface area (Å²) in [6.07, 6.45) is 0.137. The van der Waals surface area contributed by atoms with Crippen molar-refractivity contribution < 1.29 is 14.0 Å². The van der Waals surface area contributed by atoms with Crippen molar-refractivity contribution in [3.05, 3.63) is 24.0 Å². The smallest absolute Gasteiger partial charge is 0.239 e. The Hall–Kier alpha value is -1.91. The van der Waals surface area contributed by atoms with E-state index in [9.17, 15) is 14.0 Å². The minimum absolute atomic E-state index is 0.00731. The maximum atomic E-state index is 13.3. The highest BCUT2D eigenvalue weighted by atomic mass is 19.1. The maximum absolute atomic E-state index is 13.3. The van der Waals surface area contributed by atoms with Gasteiger partial charge in [-0.05, 0) is 12.1 Å². The van der Waals surface area contributed by atoms with Gasteiger partial charge in [0.1, 0.15) is 5.82 Å². The molecule has 1 aromatic rings. The monoisotopic (exact) mass is 236 g/mol. The van der Waals surface area contributed by atoms with Crippen molar-refractivity contribution in [3.8, 4) is 0 Å². The van der Waals surface area contributed by atoms with Gasteiger partial charge in [0.2, 0.25) is 11.8 Å². The van der Waals surface area contributed by atoms with Gasteiger partial charge in [0.15, 0.2) is 0 Å². The Balaban J connectivity index is 2.44. The fraction of sp³-hybridized carbons (Fsp3) is 0.333. The number of amides is 2. The number of nitrogens with two attached hydrogens (primary N) is 1. The third kappa shape index (κ3) is 1.77. The van der Waals surface area contributed by atoms with E-state index in [0.29, 0.717) is 0 Å². The van der Waals surface area contributed by atoms with Crippen LogP contribution in [-0.2, 0) is 9.59 Å². The number of hydrogen-bond donors (Lipinski definition) is 1. The molecule has 1 heterocycles. The molecule has 0 aromatic heterocycles. The van der Waals surface area contributed by atoms with Crippen LogP contribution in [0.25, 0.3) is 0 Å². The fourth-order valence-electron chi connectivity index (χ4n) is 1.87. The molecule has 0 atom stereocenters. The Kier molecular flexibility index (Phi) is 2.41. The first-order chi connectivity index (χ1) is 7.83. The molecule has 2 rings (SSSR count). The van der Waals surface area contributed by atoms with E-state index >= 15 is 0 Å². The zero-order valence-electron chi connectivity index (χ0n) is 9.66. The molecule has 0 radical (unpaired) electrons. The van der Waals surface area contributed by atoms with Crippen LogP contribution in [0.15, 0.2) is 18.2 Å². The lowest BCUT2D eigenvalue weighted by molar-refractivity contribution is -0.124. The number of nitrogen functional groups attached to an aromatic ring is 1. The molecule has 0 spiro atoms. The summed E-state index contributed by atoms with van der Waals surface area (Å²) in [6.45, 7) is 3.39. The summed E-state index contributed by atoms with van der Waals surface area (Å²) in [5, 5.41) is 0. The topological polar surface area (TPSA) is 63.4 Å². The number of rotatable bonds is 1. The van der Waals surface area contributed by atoms with Crippen molar-refractivity contribution in [2.75, 3.05) is 10.6 Å². The van der Waals surface area contributed by atoms with Crippen LogP contribution >= 0.6 is 0 Å². The van der Waals surface area contributed by atoms with E-state index in [1.807, 2.05) is 0 Å². The Bertz CT molecular complexity index is 511. The highest BCUT2D eigenvalue weighted by Crippen LogP contribution is 2.35. The van der Waals surface area contributed by atoms with E-state index in [-0.39, 0.29) is 29.6 Å². The Morgan fingerprint density at radius 2 is 2.00 bits per heavy atom. The van der Waals surface area contributed by atoms with E-state index < -0.39 is 11.2 Å². The first-order valence-electron chi connectivity index (χ1n) is 5.25. The minimum atomic E-state index is -0.727. The molecule has 2 amide bonds. The second kappa shape index (κ2) is 3.55. The largest absolute Gasteiger partial charge is 0.396 e. The van der Waals surface area contributed by atoms with Gasteiger partial charge in [0.05, 0.1) is 16.8 Å². The number of hydrogen-bond acceptors (Lipinski definition) is 3. The molecular weight excluding hydrogens is 223 g/mol. The third-order valence-electron chi connectivity index (χ3n) is 2.87. The highest BCUT2D eigenvalue weighted by molar-refractivity contribution is 6.22. The van der Waals surface area contributed by atoms with E-state index in [1.54, 1.807) is 13.8 Å². The molecule has 17 heavy (non-hydrogen) atoms. The standard InChI is InChI=1S/C12H13FN2O2/c1-12(2)6-10(16)15(11(12)17)7-3-4-9(14)8(13)5-7/h3-5H,6,14H2,1-2H3. The lowest BCUT2D eigenvalue weighted by Gasteiger charge is -2.18. The van der Waals surface area contributed by atoms with Crippen LogP contribution in [0.4, 0.5) is 15.8 Å². The molecule has 0 bridgehead atoms. The second-order valence-corrected chi connectivity index (χ2v) is 4.80. The quantitative estimate of drug-likeness (QED) is 0.596. The van der Waals surface area contributed by atoms with Gasteiger partial charge in [0.25, 0.3) is 0 Å². The number of benzene rings is 1. The Morgan fingerprint density at radius 3 is 2.47 bits per heavy atom. The van der Waals surface area contributed by atoms with Gasteiger partial charge in [0, 0.05) is 12.5 Å². The van der Waals surface area contributed by atoms with Crippen LogP contribution < -0.4 is 10.6 Å². The summed E-state index contributed by atoms with van der Waals surface area (Å²) in [5.41, 5.74) is 4.85. The molecule has 1 aromatic carbocycles. The first-order valence-corrected chi connectivity index (χ1v) is 5.25. The molecule has 0 aliphatic carbocycles. The van der Waals surface area contributed by atoms with Crippen LogP contribution in [0, 0.1) is 11.2 Å². The molecule has 1 fully saturated rings. The van der Waals surface area contributed by atoms with Crippen molar-refractivity contribution in [2.24, 2.45) is 5.41 Å². The van der Waals surface area contributed by atoms with Crippen molar-refractivity contribution in [1.82, 2.24) is 0 Å². The predicted octanol–water partition coefficient (Wildman–Crippen LogP) is 1.70. The molecule has 1 aliphatic rings. The van der Waals surface area contributed by atoms with Gasteiger partial charge < -0.3 is 5.73 Å². The molecule has 2 N–H and O–H groups in total. The highest BCUT2D eigenvalue weighted by Gasteiger charge is 2.45. The minimum Gasteiger partial charge on any atom is -0.396 e. The van der Waals surface area contributed by atoms with Gasteiger partial charge in [-0.2, -0.15) is 0 Å². The van der Waals surface area contributed by atoms with Crippen molar-refractivity contribution in [2.45, 2.75) is 20.3 Å². The number of anilines is 2. The maximum Gasteiger partial charge on any atom is 0.239 e. The van der Waals surface area contributed by atoms with Crippen LogP contribution in [0.5, 0.6) is 0 Å². The first kappa shape index (κ1) is 11.6. The Morgan fingerprint density at radius 1 is 1.35 bits per heavy atom. The molecule has 1 saturated heterocycles. The van der Waals surface area contributed by atoms with Gasteiger partial charge in [-0.1, -0.05) is 13.8 Å². The molecule has 0 saturated carbocycles. The van der Waals surface area contributed by atoms with Gasteiger partial charge in [-0.15, -0.1) is 0 Å². The summed E-state index contributed by atoms with van der Waals surface area (Å²) in [7, 11) is 0. The average molecular weight is 236 g/mol. The normalized spacial score (nSPS) is 18.9. The summed E-state index contributed by atoms with van der Waals surface area (Å²) < 4.78 is 13.3. The number of nitrogens with zero attached hydrogens (tertiary/aromatic N) is 1. The van der Waals surface area contributed by atoms with Gasteiger partial charge in [-0.25, -0.2) is 9.29 Å². The van der Waals surface area contributed by atoms with E-state index in [0.717, 1.165) is 11.0 Å². The van der Waals surface area contributed by atoms with E-state index in [1.165, 1.54) is 12.1 Å². The lowest BCUT2D eigenvalue weighted by Crippen LogP contribution is -2.33. The molecular formula is C12H13FN2O2. The van der Waals surface area contributed by atoms with E-state index in [4.69, 9.17) is 5.73 Å². The van der Waals surface area contributed by atoms with Crippen LogP contribution in [0.1, 0.15) is 20.3 Å². The SMILES string of the molecule is CC1(C)CC(=O)N(c2ccc(N)c(F)c2)C1=O. The van der Waals surface area contributed by atoms with Crippen LogP contribution in [0.2, 0.25) is 0 Å². The Labute approximate surface area is 98.2 Å². The fourth-order valence-corrected chi connectivity index (χ4v) is 1.87. The second-order valence-electron chi connectivity index (χ2n) is 4.80. The van der Waals surface area contributed by atoms with Gasteiger partial charge in [-0.3, -0.25) is 9.59 Å². The van der Waals surface area contributed by atoms with Crippen molar-refractivity contribution in [3.63, 3.8) is 0 Å². The number of imide groups is 1. The predicted molar refractivity (Wildman–Crippen MR) is 61.7 cm³/mol. The molecule has 90 valence electrons. The average Bonchev–Trinajstić information content (AvgIpc) is 2.42. The summed E-state index contributed by atoms with van der Waals surface area (Å²) in [4.78, 5) is 24.8. The zero-order valence-corrected chi connectivity index (χ0v) is 9.66. The number of carbonyl (C=O) groups is 2. The van der Waals surface area contributed by atoms with Crippen LogP contribution in [-0.4, -0.2) is 11.8 Å². The number of halogens is 1. The molecule has 1 aliphatic heterocycles. The van der Waals surface area contributed by atoms with Gasteiger partial charge >= 0.3 is 0 Å². The molecule has 5 heteroatoms. The number of carbonyl (C=O) groups excluding carboxylic acids is 2. The van der Waals surface area contributed by atoms with Crippen molar-refractivity contribution in [1.29, 1.82) is 0 Å². The summed E-state index contributed by atoms with van der Waals surface area (Å²) in [6, 6.07) is 3.92. The van der Waals surface area contributed by atoms with Crippen molar-refractivity contribution >= 4 is 23.2 Å². The third-order valence-corrected chi connectivity index (χ3v) is 2.87. The lowest BCUT2D eigenvalue weighted by atomic mass is 9.92. The van der Waals surface area contributed by atoms with Crippen LogP contribution in [0.3, 0.4) is 0 Å². The summed E-state index contributed by atoms with van der Waals surface area (Å²) >= 11 is 0. The zero-order chi connectivity index (χ0) is 12.8. The van der Waals surface area contributed by atoms with E-state index in [2.05, 4.69) is 0 Å². The molecule has 4 nitrogen and oxygen atoms in total.